The van der Waals surface area contributed by atoms with E-state index in [1.807, 2.05) is 27.7 Å². The van der Waals surface area contributed by atoms with Crippen LogP contribution >= 0.6 is 0 Å². The fourth-order valence-corrected chi connectivity index (χ4v) is 1.54. The summed E-state index contributed by atoms with van der Waals surface area (Å²) in [5.74, 6) is -1.42. The van der Waals surface area contributed by atoms with Crippen molar-refractivity contribution in [1.29, 1.82) is 0 Å². The summed E-state index contributed by atoms with van der Waals surface area (Å²) in [6.07, 6.45) is 1.77. The second kappa shape index (κ2) is 8.08. The van der Waals surface area contributed by atoms with Crippen LogP contribution in [0.15, 0.2) is 0 Å². The van der Waals surface area contributed by atoms with Crippen LogP contribution in [0, 0.1) is 5.92 Å². The Bertz CT molecular complexity index is 272. The maximum Gasteiger partial charge on any atom is 0.308 e. The number of carbonyl (C=O) groups is 2. The van der Waals surface area contributed by atoms with Crippen molar-refractivity contribution in [2.45, 2.75) is 52.5 Å². The Morgan fingerprint density at radius 3 is 2.33 bits per heavy atom. The van der Waals surface area contributed by atoms with Crippen molar-refractivity contribution < 1.29 is 14.7 Å². The largest absolute Gasteiger partial charge is 0.481 e. The zero-order valence-electron chi connectivity index (χ0n) is 11.9. The molecule has 0 aliphatic heterocycles. The number of hydrogen-bond acceptors (Lipinski definition) is 3. The molecule has 0 rings (SSSR count). The smallest absolute Gasteiger partial charge is 0.308 e. The van der Waals surface area contributed by atoms with Gasteiger partial charge in [-0.2, -0.15) is 0 Å². The summed E-state index contributed by atoms with van der Waals surface area (Å²) in [7, 11) is 0. The fraction of sp³-hybridized carbons (Fsp3) is 0.846. The number of amides is 1. The molecule has 0 bridgehead atoms. The summed E-state index contributed by atoms with van der Waals surface area (Å²) in [6.45, 7) is 8.86. The zero-order valence-corrected chi connectivity index (χ0v) is 11.9. The van der Waals surface area contributed by atoms with Gasteiger partial charge in [-0.25, -0.2) is 0 Å². The van der Waals surface area contributed by atoms with Gasteiger partial charge >= 0.3 is 5.97 Å². The normalized spacial score (nSPS) is 13.1. The highest BCUT2D eigenvalue weighted by atomic mass is 16.4. The Balaban J connectivity index is 3.84. The van der Waals surface area contributed by atoms with Gasteiger partial charge in [0.1, 0.15) is 0 Å². The van der Waals surface area contributed by atoms with Crippen LogP contribution in [0.5, 0.6) is 0 Å². The van der Waals surface area contributed by atoms with Crippen LogP contribution in [0.4, 0.5) is 0 Å². The molecule has 0 heterocycles. The van der Waals surface area contributed by atoms with Crippen LogP contribution in [0.2, 0.25) is 0 Å². The number of carboxylic acids is 1. The molecule has 1 unspecified atom stereocenters. The number of hydrogen-bond donors (Lipinski definition) is 3. The summed E-state index contributed by atoms with van der Waals surface area (Å²) in [5, 5.41) is 14.8. The van der Waals surface area contributed by atoms with Gasteiger partial charge in [-0.3, -0.25) is 9.59 Å². The molecule has 5 heteroatoms. The van der Waals surface area contributed by atoms with Crippen molar-refractivity contribution in [3.05, 3.63) is 0 Å². The molecule has 5 nitrogen and oxygen atoms in total. The predicted molar refractivity (Wildman–Crippen MR) is 71.4 cm³/mol. The molecule has 0 aromatic rings. The second-order valence-corrected chi connectivity index (χ2v) is 5.55. The van der Waals surface area contributed by atoms with Crippen molar-refractivity contribution in [1.82, 2.24) is 10.6 Å². The van der Waals surface area contributed by atoms with E-state index in [-0.39, 0.29) is 18.0 Å². The zero-order chi connectivity index (χ0) is 14.2. The molecule has 0 radical (unpaired) electrons. The Kier molecular flexibility index (Phi) is 7.59. The van der Waals surface area contributed by atoms with E-state index < -0.39 is 11.9 Å². The van der Waals surface area contributed by atoms with Crippen LogP contribution in [0.1, 0.15) is 47.0 Å². The summed E-state index contributed by atoms with van der Waals surface area (Å²) in [6, 6.07) is 0. The predicted octanol–water partition coefficient (Wildman–Crippen LogP) is 1.38. The van der Waals surface area contributed by atoms with E-state index in [0.29, 0.717) is 19.4 Å². The number of nitrogens with one attached hydrogen (secondary N) is 2. The average molecular weight is 258 g/mol. The van der Waals surface area contributed by atoms with Gasteiger partial charge in [0.15, 0.2) is 0 Å². The topological polar surface area (TPSA) is 78.4 Å². The number of rotatable bonds is 8. The third-order valence-corrected chi connectivity index (χ3v) is 2.54. The van der Waals surface area contributed by atoms with Gasteiger partial charge in [-0.15, -0.1) is 0 Å². The molecule has 106 valence electrons. The van der Waals surface area contributed by atoms with E-state index >= 15 is 0 Å². The Labute approximate surface area is 109 Å². The quantitative estimate of drug-likeness (QED) is 0.614. The molecule has 0 aliphatic carbocycles. The van der Waals surface area contributed by atoms with Crippen molar-refractivity contribution in [2.24, 2.45) is 5.92 Å². The van der Waals surface area contributed by atoms with E-state index in [9.17, 15) is 9.59 Å². The van der Waals surface area contributed by atoms with Crippen LogP contribution in [-0.2, 0) is 9.59 Å². The van der Waals surface area contributed by atoms with Gasteiger partial charge in [-0.05, 0) is 27.2 Å². The highest BCUT2D eigenvalue weighted by Gasteiger charge is 2.17. The van der Waals surface area contributed by atoms with Crippen LogP contribution in [-0.4, -0.2) is 35.6 Å². The summed E-state index contributed by atoms with van der Waals surface area (Å²) < 4.78 is 0. The Morgan fingerprint density at radius 2 is 1.89 bits per heavy atom. The molecule has 0 saturated carbocycles. The van der Waals surface area contributed by atoms with Crippen molar-refractivity contribution in [3.63, 3.8) is 0 Å². The molecule has 0 fully saturated rings. The minimum absolute atomic E-state index is 0.00785. The molecule has 18 heavy (non-hydrogen) atoms. The van der Waals surface area contributed by atoms with Gasteiger partial charge in [0.25, 0.3) is 0 Å². The standard InChI is InChI=1S/C13H26N2O3/c1-5-6-10(12(17)18)9-14-11(16)7-8-15-13(2,3)4/h10,15H,5-9H2,1-4H3,(H,14,16)(H,17,18). The molecular formula is C13H26N2O3. The first-order chi connectivity index (χ1) is 8.26. The Hall–Kier alpha value is -1.10. The van der Waals surface area contributed by atoms with Gasteiger partial charge in [0.2, 0.25) is 5.91 Å². The van der Waals surface area contributed by atoms with Crippen LogP contribution < -0.4 is 10.6 Å². The first-order valence-corrected chi connectivity index (χ1v) is 6.50. The number of carboxylic acid groups (broad SMARTS) is 1. The highest BCUT2D eigenvalue weighted by molar-refractivity contribution is 5.77. The van der Waals surface area contributed by atoms with E-state index in [1.54, 1.807) is 0 Å². The van der Waals surface area contributed by atoms with E-state index in [2.05, 4.69) is 10.6 Å². The Morgan fingerprint density at radius 1 is 1.28 bits per heavy atom. The average Bonchev–Trinajstić information content (AvgIpc) is 2.21. The van der Waals surface area contributed by atoms with Crippen LogP contribution in [0.25, 0.3) is 0 Å². The third-order valence-electron chi connectivity index (χ3n) is 2.54. The first kappa shape index (κ1) is 16.9. The fourth-order valence-electron chi connectivity index (χ4n) is 1.54. The van der Waals surface area contributed by atoms with Crippen molar-refractivity contribution in [2.75, 3.05) is 13.1 Å². The monoisotopic (exact) mass is 258 g/mol. The van der Waals surface area contributed by atoms with Crippen molar-refractivity contribution >= 4 is 11.9 Å². The van der Waals surface area contributed by atoms with E-state index in [1.165, 1.54) is 0 Å². The third kappa shape index (κ3) is 8.98. The maximum absolute atomic E-state index is 11.5. The van der Waals surface area contributed by atoms with E-state index in [4.69, 9.17) is 5.11 Å². The van der Waals surface area contributed by atoms with Gasteiger partial charge in [-0.1, -0.05) is 13.3 Å². The first-order valence-electron chi connectivity index (χ1n) is 6.50. The summed E-state index contributed by atoms with van der Waals surface area (Å²) in [4.78, 5) is 22.4. The minimum atomic E-state index is -0.843. The lowest BCUT2D eigenvalue weighted by atomic mass is 10.0. The van der Waals surface area contributed by atoms with Crippen LogP contribution in [0.3, 0.4) is 0 Å². The number of aliphatic carboxylic acids is 1. The maximum atomic E-state index is 11.5. The summed E-state index contributed by atoms with van der Waals surface area (Å²) >= 11 is 0. The molecule has 1 atom stereocenters. The lowest BCUT2D eigenvalue weighted by molar-refractivity contribution is -0.141. The van der Waals surface area contributed by atoms with Gasteiger partial charge in [0, 0.05) is 25.0 Å². The molecule has 0 saturated heterocycles. The molecule has 0 aliphatic rings. The molecule has 3 N–H and O–H groups in total. The lowest BCUT2D eigenvalue weighted by Crippen LogP contribution is -2.39. The molecule has 0 spiro atoms. The minimum Gasteiger partial charge on any atom is -0.481 e. The lowest BCUT2D eigenvalue weighted by Gasteiger charge is -2.20. The second-order valence-electron chi connectivity index (χ2n) is 5.55. The molecule has 1 amide bonds. The molecular weight excluding hydrogens is 232 g/mol. The van der Waals surface area contributed by atoms with Gasteiger partial charge < -0.3 is 15.7 Å². The van der Waals surface area contributed by atoms with Gasteiger partial charge in [0.05, 0.1) is 5.92 Å². The molecule has 0 aromatic carbocycles. The molecule has 0 aromatic heterocycles. The van der Waals surface area contributed by atoms with E-state index in [0.717, 1.165) is 6.42 Å². The number of carbonyl (C=O) groups excluding carboxylic acids is 1. The SMILES string of the molecule is CCCC(CNC(=O)CCNC(C)(C)C)C(=O)O. The van der Waals surface area contributed by atoms with Crippen molar-refractivity contribution in [3.8, 4) is 0 Å². The summed E-state index contributed by atoms with van der Waals surface area (Å²) in [5.41, 5.74) is -0.00785. The highest BCUT2D eigenvalue weighted by Crippen LogP contribution is 2.05.